The second-order valence-corrected chi connectivity index (χ2v) is 10.3. The third-order valence-corrected chi connectivity index (χ3v) is 6.98. The SMILES string of the molecule is Cc1ncc(CNCC2CCC(c3cc(C(=O)NC(C)C)c4ccccc4n3)CC2)s1. The molecule has 0 aliphatic heterocycles. The van der Waals surface area contributed by atoms with Crippen molar-refractivity contribution in [2.75, 3.05) is 6.54 Å². The largest absolute Gasteiger partial charge is 0.350 e. The summed E-state index contributed by atoms with van der Waals surface area (Å²) < 4.78 is 0. The van der Waals surface area contributed by atoms with Crippen molar-refractivity contribution < 1.29 is 4.79 Å². The number of carbonyl (C=O) groups is 1. The summed E-state index contributed by atoms with van der Waals surface area (Å²) in [4.78, 5) is 23.4. The van der Waals surface area contributed by atoms with Crippen LogP contribution in [0.4, 0.5) is 0 Å². The maximum absolute atomic E-state index is 12.8. The molecule has 1 aliphatic rings. The lowest BCUT2D eigenvalue weighted by Crippen LogP contribution is -2.30. The van der Waals surface area contributed by atoms with Gasteiger partial charge >= 0.3 is 0 Å². The second-order valence-electron chi connectivity index (χ2n) is 8.93. The summed E-state index contributed by atoms with van der Waals surface area (Å²) in [5.41, 5.74) is 2.73. The maximum atomic E-state index is 12.8. The first-order valence-corrected chi connectivity index (χ1v) is 12.1. The Hall–Kier alpha value is -2.31. The molecule has 1 fully saturated rings. The van der Waals surface area contributed by atoms with Gasteiger partial charge in [0.25, 0.3) is 5.91 Å². The highest BCUT2D eigenvalue weighted by atomic mass is 32.1. The Morgan fingerprint density at radius 1 is 1.19 bits per heavy atom. The molecule has 4 rings (SSSR count). The van der Waals surface area contributed by atoms with Crippen LogP contribution in [0.15, 0.2) is 36.5 Å². The minimum absolute atomic E-state index is 0.00830. The number of hydrogen-bond acceptors (Lipinski definition) is 5. The lowest BCUT2D eigenvalue weighted by Gasteiger charge is -2.29. The maximum Gasteiger partial charge on any atom is 0.252 e. The van der Waals surface area contributed by atoms with E-state index >= 15 is 0 Å². The van der Waals surface area contributed by atoms with E-state index in [9.17, 15) is 4.79 Å². The van der Waals surface area contributed by atoms with Crippen molar-refractivity contribution in [2.45, 2.75) is 65.0 Å². The van der Waals surface area contributed by atoms with E-state index in [0.717, 1.165) is 53.1 Å². The molecule has 5 nitrogen and oxygen atoms in total. The van der Waals surface area contributed by atoms with Crippen LogP contribution in [-0.4, -0.2) is 28.5 Å². The fourth-order valence-electron chi connectivity index (χ4n) is 4.48. The van der Waals surface area contributed by atoms with Gasteiger partial charge in [0, 0.05) is 40.7 Å². The number of aryl methyl sites for hydroxylation is 1. The van der Waals surface area contributed by atoms with Gasteiger partial charge in [-0.1, -0.05) is 18.2 Å². The lowest BCUT2D eigenvalue weighted by molar-refractivity contribution is 0.0944. The van der Waals surface area contributed by atoms with Gasteiger partial charge in [-0.05, 0) is 71.0 Å². The summed E-state index contributed by atoms with van der Waals surface area (Å²) in [5, 5.41) is 8.71. The molecule has 2 N–H and O–H groups in total. The van der Waals surface area contributed by atoms with Crippen LogP contribution in [0.2, 0.25) is 0 Å². The molecule has 0 atom stereocenters. The molecule has 31 heavy (non-hydrogen) atoms. The zero-order chi connectivity index (χ0) is 21.8. The minimum atomic E-state index is -0.00830. The van der Waals surface area contributed by atoms with Gasteiger partial charge in [0.1, 0.15) is 0 Å². The second kappa shape index (κ2) is 9.88. The highest BCUT2D eigenvalue weighted by Gasteiger charge is 2.25. The molecule has 0 bridgehead atoms. The smallest absolute Gasteiger partial charge is 0.252 e. The van der Waals surface area contributed by atoms with Gasteiger partial charge in [-0.15, -0.1) is 11.3 Å². The van der Waals surface area contributed by atoms with Gasteiger partial charge in [-0.25, -0.2) is 4.98 Å². The Morgan fingerprint density at radius 3 is 2.68 bits per heavy atom. The van der Waals surface area contributed by atoms with Crippen LogP contribution in [-0.2, 0) is 6.54 Å². The van der Waals surface area contributed by atoms with Crippen molar-refractivity contribution in [3.8, 4) is 0 Å². The number of amides is 1. The van der Waals surface area contributed by atoms with Crippen molar-refractivity contribution in [1.29, 1.82) is 0 Å². The summed E-state index contributed by atoms with van der Waals surface area (Å²) in [6.45, 7) is 8.00. The van der Waals surface area contributed by atoms with Gasteiger partial charge in [-0.2, -0.15) is 0 Å². The summed E-state index contributed by atoms with van der Waals surface area (Å²) in [5.74, 6) is 1.12. The highest BCUT2D eigenvalue weighted by molar-refractivity contribution is 7.11. The van der Waals surface area contributed by atoms with E-state index < -0.39 is 0 Å². The van der Waals surface area contributed by atoms with Gasteiger partial charge in [0.2, 0.25) is 0 Å². The van der Waals surface area contributed by atoms with Crippen LogP contribution in [0.3, 0.4) is 0 Å². The molecule has 0 spiro atoms. The van der Waals surface area contributed by atoms with Crippen LogP contribution in [0, 0.1) is 12.8 Å². The standard InChI is InChI=1S/C25H32N4OS/c1-16(2)28-25(30)22-12-24(29-23-7-5-4-6-21(22)23)19-10-8-18(9-11-19)13-26-14-20-15-27-17(3)31-20/h4-7,12,15-16,18-19,26H,8-11,13-14H2,1-3H3,(H,28,30). The predicted octanol–water partition coefficient (Wildman–Crippen LogP) is 5.20. The van der Waals surface area contributed by atoms with Crippen LogP contribution >= 0.6 is 11.3 Å². The minimum Gasteiger partial charge on any atom is -0.350 e. The molecule has 1 amide bonds. The Bertz CT molecular complexity index is 1040. The monoisotopic (exact) mass is 436 g/mol. The first-order valence-electron chi connectivity index (χ1n) is 11.3. The number of nitrogens with zero attached hydrogens (tertiary/aromatic N) is 2. The number of aromatic nitrogens is 2. The predicted molar refractivity (Wildman–Crippen MR) is 128 cm³/mol. The summed E-state index contributed by atoms with van der Waals surface area (Å²) >= 11 is 1.77. The number of carbonyl (C=O) groups excluding carboxylic acids is 1. The van der Waals surface area contributed by atoms with Crippen molar-refractivity contribution in [2.24, 2.45) is 5.92 Å². The third kappa shape index (κ3) is 5.49. The lowest BCUT2D eigenvalue weighted by atomic mass is 9.80. The first-order chi connectivity index (χ1) is 15.0. The fraction of sp³-hybridized carbons (Fsp3) is 0.480. The fourth-order valence-corrected chi connectivity index (χ4v) is 5.25. The average molecular weight is 437 g/mol. The number of benzene rings is 1. The Kier molecular flexibility index (Phi) is 6.98. The number of nitrogens with one attached hydrogen (secondary N) is 2. The Balaban J connectivity index is 1.40. The normalized spacial score (nSPS) is 19.1. The average Bonchev–Trinajstić information content (AvgIpc) is 3.18. The van der Waals surface area contributed by atoms with Gasteiger partial charge in [0.05, 0.1) is 16.1 Å². The molecule has 3 aromatic rings. The van der Waals surface area contributed by atoms with Gasteiger partial charge in [0.15, 0.2) is 0 Å². The van der Waals surface area contributed by atoms with E-state index in [1.165, 1.54) is 17.7 Å². The zero-order valence-corrected chi connectivity index (χ0v) is 19.5. The molecular formula is C25H32N4OS. The molecule has 2 aromatic heterocycles. The third-order valence-electron chi connectivity index (χ3n) is 6.07. The summed E-state index contributed by atoms with van der Waals surface area (Å²) in [6.07, 6.45) is 6.62. The van der Waals surface area contributed by atoms with E-state index in [2.05, 4.69) is 15.6 Å². The molecule has 0 unspecified atom stereocenters. The zero-order valence-electron chi connectivity index (χ0n) is 18.6. The summed E-state index contributed by atoms with van der Waals surface area (Å²) in [6, 6.07) is 10.1. The quantitative estimate of drug-likeness (QED) is 0.534. The van der Waals surface area contributed by atoms with Crippen LogP contribution < -0.4 is 10.6 Å². The summed E-state index contributed by atoms with van der Waals surface area (Å²) in [7, 11) is 0. The number of pyridine rings is 1. The van der Waals surface area contributed by atoms with Crippen molar-refractivity contribution in [3.05, 3.63) is 57.7 Å². The van der Waals surface area contributed by atoms with E-state index in [1.807, 2.05) is 57.3 Å². The van der Waals surface area contributed by atoms with Crippen molar-refractivity contribution in [1.82, 2.24) is 20.6 Å². The number of para-hydroxylation sites is 1. The van der Waals surface area contributed by atoms with E-state index in [1.54, 1.807) is 11.3 Å². The highest BCUT2D eigenvalue weighted by Crippen LogP contribution is 2.36. The van der Waals surface area contributed by atoms with Crippen LogP contribution in [0.1, 0.15) is 71.4 Å². The van der Waals surface area contributed by atoms with Gasteiger partial charge < -0.3 is 10.6 Å². The van der Waals surface area contributed by atoms with Crippen molar-refractivity contribution in [3.63, 3.8) is 0 Å². The number of rotatable bonds is 7. The van der Waals surface area contributed by atoms with Gasteiger partial charge in [-0.3, -0.25) is 9.78 Å². The molecule has 6 heteroatoms. The van der Waals surface area contributed by atoms with Crippen molar-refractivity contribution >= 4 is 28.1 Å². The number of hydrogen-bond donors (Lipinski definition) is 2. The molecule has 0 saturated heterocycles. The molecule has 2 heterocycles. The number of fused-ring (bicyclic) bond motifs is 1. The molecule has 1 aromatic carbocycles. The van der Waals surface area contributed by atoms with Crippen LogP contribution in [0.5, 0.6) is 0 Å². The molecule has 1 saturated carbocycles. The topological polar surface area (TPSA) is 66.9 Å². The van der Waals surface area contributed by atoms with E-state index in [-0.39, 0.29) is 11.9 Å². The van der Waals surface area contributed by atoms with E-state index in [0.29, 0.717) is 11.8 Å². The molecule has 0 radical (unpaired) electrons. The Labute approximate surface area is 188 Å². The molecule has 1 aliphatic carbocycles. The molecular weight excluding hydrogens is 404 g/mol. The first kappa shape index (κ1) is 21.9. The number of thiazole rings is 1. The Morgan fingerprint density at radius 2 is 1.97 bits per heavy atom. The molecule has 164 valence electrons. The van der Waals surface area contributed by atoms with E-state index in [4.69, 9.17) is 4.98 Å². The van der Waals surface area contributed by atoms with Crippen LogP contribution in [0.25, 0.3) is 10.9 Å².